The molecule has 1 aliphatic rings. The summed E-state index contributed by atoms with van der Waals surface area (Å²) in [6.07, 6.45) is 2.27. The van der Waals surface area contributed by atoms with Crippen molar-refractivity contribution in [3.05, 3.63) is 15.6 Å². The van der Waals surface area contributed by atoms with E-state index in [-0.39, 0.29) is 23.5 Å². The van der Waals surface area contributed by atoms with E-state index in [0.29, 0.717) is 4.88 Å². The summed E-state index contributed by atoms with van der Waals surface area (Å²) in [6.45, 7) is 8.19. The third kappa shape index (κ3) is 2.88. The fourth-order valence-electron chi connectivity index (χ4n) is 2.60. The number of hydrogen-bond donors (Lipinski definition) is 1. The van der Waals surface area contributed by atoms with Crippen molar-refractivity contribution in [1.82, 2.24) is 9.88 Å². The highest BCUT2D eigenvalue weighted by Crippen LogP contribution is 2.31. The fraction of sp³-hybridized carbons (Fsp3) is 0.733. The average Bonchev–Trinajstić information content (AvgIpc) is 2.93. The van der Waals surface area contributed by atoms with Crippen molar-refractivity contribution < 1.29 is 9.90 Å². The molecular formula is C15H24N2O2S. The highest BCUT2D eigenvalue weighted by Gasteiger charge is 2.33. The number of aromatic nitrogens is 1. The van der Waals surface area contributed by atoms with Gasteiger partial charge < -0.3 is 10.0 Å². The summed E-state index contributed by atoms with van der Waals surface area (Å²) in [4.78, 5) is 19.6. The molecule has 112 valence electrons. The summed E-state index contributed by atoms with van der Waals surface area (Å²) in [5.41, 5.74) is 0.753. The van der Waals surface area contributed by atoms with Crippen LogP contribution in [0.5, 0.6) is 0 Å². The summed E-state index contributed by atoms with van der Waals surface area (Å²) in [7, 11) is 1.79. The Kier molecular flexibility index (Phi) is 4.21. The topological polar surface area (TPSA) is 53.4 Å². The molecule has 2 atom stereocenters. The third-order valence-electron chi connectivity index (χ3n) is 3.89. The molecule has 2 rings (SSSR count). The maximum absolute atomic E-state index is 12.6. The maximum atomic E-state index is 12.6. The van der Waals surface area contributed by atoms with Gasteiger partial charge in [-0.2, -0.15) is 0 Å². The molecule has 0 spiro atoms. The standard InChI is InChI=1S/C15H24N2O2S/c1-9-12(20-14(16-9)15(2,3)4)13(19)17(5)10-7-6-8-11(10)18/h10-11,18H,6-8H2,1-5H3/t10-,11-/m1/s1. The van der Waals surface area contributed by atoms with E-state index < -0.39 is 0 Å². The van der Waals surface area contributed by atoms with Gasteiger partial charge in [-0.25, -0.2) is 4.98 Å². The lowest BCUT2D eigenvalue weighted by molar-refractivity contribution is 0.0542. The number of likely N-dealkylation sites (N-methyl/N-ethyl adjacent to an activating group) is 1. The number of thiazole rings is 1. The molecule has 1 heterocycles. The highest BCUT2D eigenvalue weighted by molar-refractivity contribution is 7.14. The van der Waals surface area contributed by atoms with E-state index in [1.807, 2.05) is 6.92 Å². The second-order valence-electron chi connectivity index (χ2n) is 6.67. The number of hydrogen-bond acceptors (Lipinski definition) is 4. The predicted molar refractivity (Wildman–Crippen MR) is 81.3 cm³/mol. The summed E-state index contributed by atoms with van der Waals surface area (Å²) < 4.78 is 0. The van der Waals surface area contributed by atoms with E-state index in [1.54, 1.807) is 11.9 Å². The van der Waals surface area contributed by atoms with Crippen molar-refractivity contribution in [3.63, 3.8) is 0 Å². The van der Waals surface area contributed by atoms with Crippen molar-refractivity contribution in [2.75, 3.05) is 7.05 Å². The Labute approximate surface area is 124 Å². The highest BCUT2D eigenvalue weighted by atomic mass is 32.1. The zero-order chi connectivity index (χ0) is 15.1. The Bertz CT molecular complexity index is 504. The SMILES string of the molecule is Cc1nc(C(C)(C)C)sc1C(=O)N(C)[C@@H]1CCC[C@H]1O. The number of amides is 1. The molecule has 1 N–H and O–H groups in total. The first-order valence-corrected chi connectivity index (χ1v) is 7.96. The normalized spacial score (nSPS) is 23.1. The van der Waals surface area contributed by atoms with E-state index in [0.717, 1.165) is 30.0 Å². The number of aliphatic hydroxyl groups excluding tert-OH is 1. The Balaban J connectivity index is 2.23. The molecular weight excluding hydrogens is 272 g/mol. The van der Waals surface area contributed by atoms with Gasteiger partial charge in [-0.3, -0.25) is 4.79 Å². The molecule has 0 unspecified atom stereocenters. The first-order chi connectivity index (χ1) is 9.21. The van der Waals surface area contributed by atoms with E-state index in [1.165, 1.54) is 11.3 Å². The molecule has 0 saturated heterocycles. The second-order valence-corrected chi connectivity index (χ2v) is 7.66. The van der Waals surface area contributed by atoms with E-state index >= 15 is 0 Å². The van der Waals surface area contributed by atoms with Gasteiger partial charge in [0, 0.05) is 12.5 Å². The van der Waals surface area contributed by atoms with E-state index in [2.05, 4.69) is 25.8 Å². The van der Waals surface area contributed by atoms with Crippen molar-refractivity contribution in [3.8, 4) is 0 Å². The molecule has 0 radical (unpaired) electrons. The second kappa shape index (κ2) is 5.45. The summed E-state index contributed by atoms with van der Waals surface area (Å²) in [5.74, 6) is -0.0125. The van der Waals surface area contributed by atoms with Gasteiger partial charge in [0.15, 0.2) is 0 Å². The number of aryl methyl sites for hydroxylation is 1. The van der Waals surface area contributed by atoms with Crippen LogP contribution in [-0.2, 0) is 5.41 Å². The van der Waals surface area contributed by atoms with Gasteiger partial charge in [0.05, 0.1) is 22.8 Å². The molecule has 1 aromatic rings. The fourth-order valence-corrected chi connectivity index (χ4v) is 3.71. The third-order valence-corrected chi connectivity index (χ3v) is 5.47. The Morgan fingerprint density at radius 1 is 1.40 bits per heavy atom. The number of carbonyl (C=O) groups excluding carboxylic acids is 1. The quantitative estimate of drug-likeness (QED) is 0.913. The maximum Gasteiger partial charge on any atom is 0.265 e. The van der Waals surface area contributed by atoms with Crippen LogP contribution < -0.4 is 0 Å². The van der Waals surface area contributed by atoms with Gasteiger partial charge in [0.1, 0.15) is 4.88 Å². The molecule has 0 bridgehead atoms. The molecule has 0 aliphatic heterocycles. The molecule has 1 saturated carbocycles. The zero-order valence-electron chi connectivity index (χ0n) is 12.9. The van der Waals surface area contributed by atoms with Crippen LogP contribution in [0.15, 0.2) is 0 Å². The summed E-state index contributed by atoms with van der Waals surface area (Å²) >= 11 is 1.48. The molecule has 4 nitrogen and oxygen atoms in total. The minimum atomic E-state index is -0.390. The molecule has 20 heavy (non-hydrogen) atoms. The lowest BCUT2D eigenvalue weighted by atomic mass is 9.98. The van der Waals surface area contributed by atoms with Gasteiger partial charge >= 0.3 is 0 Å². The van der Waals surface area contributed by atoms with Crippen molar-refractivity contribution in [2.24, 2.45) is 0 Å². The van der Waals surface area contributed by atoms with Crippen LogP contribution in [0.2, 0.25) is 0 Å². The number of nitrogens with zero attached hydrogens (tertiary/aromatic N) is 2. The van der Waals surface area contributed by atoms with Gasteiger partial charge in [-0.1, -0.05) is 20.8 Å². The van der Waals surface area contributed by atoms with Gasteiger partial charge in [-0.05, 0) is 26.2 Å². The van der Waals surface area contributed by atoms with Crippen LogP contribution in [0, 0.1) is 6.92 Å². The average molecular weight is 296 g/mol. The smallest absolute Gasteiger partial charge is 0.265 e. The summed E-state index contributed by atoms with van der Waals surface area (Å²) in [5, 5.41) is 10.9. The van der Waals surface area contributed by atoms with Gasteiger partial charge in [-0.15, -0.1) is 11.3 Å². The monoisotopic (exact) mass is 296 g/mol. The lowest BCUT2D eigenvalue weighted by Crippen LogP contribution is -2.41. The molecule has 1 aromatic heterocycles. The first kappa shape index (κ1) is 15.4. The number of carbonyl (C=O) groups is 1. The largest absolute Gasteiger partial charge is 0.391 e. The molecule has 5 heteroatoms. The van der Waals surface area contributed by atoms with Crippen molar-refractivity contribution in [2.45, 2.75) is 64.5 Å². The number of rotatable bonds is 2. The minimum absolute atomic E-state index is 0.0125. The van der Waals surface area contributed by atoms with Crippen LogP contribution in [0.25, 0.3) is 0 Å². The van der Waals surface area contributed by atoms with Crippen molar-refractivity contribution >= 4 is 17.2 Å². The van der Waals surface area contributed by atoms with Gasteiger partial charge in [0.25, 0.3) is 5.91 Å². The molecule has 1 fully saturated rings. The molecule has 0 aromatic carbocycles. The van der Waals surface area contributed by atoms with E-state index in [4.69, 9.17) is 0 Å². The van der Waals surface area contributed by atoms with Crippen molar-refractivity contribution in [1.29, 1.82) is 0 Å². The minimum Gasteiger partial charge on any atom is -0.391 e. The zero-order valence-corrected chi connectivity index (χ0v) is 13.8. The Hall–Kier alpha value is -0.940. The van der Waals surface area contributed by atoms with Crippen LogP contribution in [0.4, 0.5) is 0 Å². The predicted octanol–water partition coefficient (Wildman–Crippen LogP) is 2.73. The first-order valence-electron chi connectivity index (χ1n) is 7.15. The van der Waals surface area contributed by atoms with Crippen LogP contribution >= 0.6 is 11.3 Å². The Morgan fingerprint density at radius 3 is 2.50 bits per heavy atom. The molecule has 1 amide bonds. The van der Waals surface area contributed by atoms with Crippen LogP contribution in [0.3, 0.4) is 0 Å². The van der Waals surface area contributed by atoms with Crippen LogP contribution in [0.1, 0.15) is 60.4 Å². The Morgan fingerprint density at radius 2 is 2.05 bits per heavy atom. The van der Waals surface area contributed by atoms with E-state index in [9.17, 15) is 9.90 Å². The summed E-state index contributed by atoms with van der Waals surface area (Å²) in [6, 6.07) is -0.0536. The van der Waals surface area contributed by atoms with Gasteiger partial charge in [0.2, 0.25) is 0 Å². The molecule has 1 aliphatic carbocycles. The number of aliphatic hydroxyl groups is 1. The lowest BCUT2D eigenvalue weighted by Gasteiger charge is -2.26. The van der Waals surface area contributed by atoms with Crippen LogP contribution in [-0.4, -0.2) is 40.1 Å².